The monoisotopic (exact) mass is 200 g/mol. The first-order chi connectivity index (χ1) is 5.72. The largest absolute Gasteiger partial charge is 0.548 e. The lowest BCUT2D eigenvalue weighted by Gasteiger charge is -2.24. The number of rotatable bonds is 5. The lowest BCUT2D eigenvalue weighted by atomic mass is 10.0. The summed E-state index contributed by atoms with van der Waals surface area (Å²) in [6.45, 7) is 13.8. The lowest BCUT2D eigenvalue weighted by Crippen LogP contribution is -2.26. The molecule has 0 aliphatic heterocycles. The first-order valence-electron chi connectivity index (χ1n) is 4.59. The number of Topliss-reactive ketones (excluding diaryl/α,β-unsaturated/α-hetero) is 1. The summed E-state index contributed by atoms with van der Waals surface area (Å²) in [4.78, 5) is 10.8. The molecule has 0 amide bonds. The van der Waals surface area contributed by atoms with Crippen LogP contribution in [0.4, 0.5) is 0 Å². The van der Waals surface area contributed by atoms with E-state index in [9.17, 15) is 4.79 Å². The molecule has 0 aliphatic carbocycles. The Morgan fingerprint density at radius 2 is 1.92 bits per heavy atom. The minimum absolute atomic E-state index is 0.143. The molecule has 0 spiro atoms. The summed E-state index contributed by atoms with van der Waals surface area (Å²) < 4.78 is 5.69. The van der Waals surface area contributed by atoms with Crippen molar-refractivity contribution < 1.29 is 9.22 Å². The summed E-state index contributed by atoms with van der Waals surface area (Å²) in [5.74, 6) is 1.09. The SMILES string of the molecule is C=C(O[Si](C)(C)C)[C@@H](C)CC(C)=O. The molecule has 0 rings (SSSR count). The van der Waals surface area contributed by atoms with Crippen LogP contribution in [0.2, 0.25) is 19.6 Å². The van der Waals surface area contributed by atoms with Crippen LogP contribution in [0.15, 0.2) is 12.3 Å². The van der Waals surface area contributed by atoms with E-state index in [1.807, 2.05) is 6.92 Å². The molecule has 2 nitrogen and oxygen atoms in total. The van der Waals surface area contributed by atoms with Gasteiger partial charge in [-0.3, -0.25) is 0 Å². The number of ketones is 1. The number of carbonyl (C=O) groups is 1. The Morgan fingerprint density at radius 1 is 1.46 bits per heavy atom. The van der Waals surface area contributed by atoms with E-state index in [4.69, 9.17) is 4.43 Å². The fraction of sp³-hybridized carbons (Fsp3) is 0.700. The second-order valence-corrected chi connectivity index (χ2v) is 8.92. The molecule has 0 aliphatic rings. The van der Waals surface area contributed by atoms with Crippen LogP contribution in [0.5, 0.6) is 0 Å². The van der Waals surface area contributed by atoms with Crippen molar-refractivity contribution >= 4 is 14.1 Å². The van der Waals surface area contributed by atoms with Gasteiger partial charge in [0, 0.05) is 12.3 Å². The fourth-order valence-corrected chi connectivity index (χ4v) is 2.03. The summed E-state index contributed by atoms with van der Waals surface area (Å²) in [6, 6.07) is 0. The predicted octanol–water partition coefficient (Wildman–Crippen LogP) is 2.97. The first-order valence-corrected chi connectivity index (χ1v) is 8.00. The zero-order valence-electron chi connectivity index (χ0n) is 9.31. The first kappa shape index (κ1) is 12.4. The summed E-state index contributed by atoms with van der Waals surface area (Å²) >= 11 is 0. The van der Waals surface area contributed by atoms with E-state index >= 15 is 0 Å². The molecule has 13 heavy (non-hydrogen) atoms. The van der Waals surface area contributed by atoms with E-state index < -0.39 is 8.32 Å². The molecule has 0 aromatic rings. The van der Waals surface area contributed by atoms with Crippen LogP contribution in [-0.2, 0) is 9.22 Å². The van der Waals surface area contributed by atoms with E-state index in [1.165, 1.54) is 0 Å². The quantitative estimate of drug-likeness (QED) is 0.504. The Bertz CT molecular complexity index is 203. The van der Waals surface area contributed by atoms with Gasteiger partial charge in [-0.15, -0.1) is 0 Å². The second-order valence-electron chi connectivity index (χ2n) is 4.49. The van der Waals surface area contributed by atoms with Crippen LogP contribution >= 0.6 is 0 Å². The van der Waals surface area contributed by atoms with Crippen molar-refractivity contribution in [2.45, 2.75) is 39.9 Å². The topological polar surface area (TPSA) is 26.3 Å². The molecule has 0 unspecified atom stereocenters. The van der Waals surface area contributed by atoms with Gasteiger partial charge < -0.3 is 9.22 Å². The maximum absolute atomic E-state index is 10.8. The smallest absolute Gasteiger partial charge is 0.241 e. The zero-order valence-corrected chi connectivity index (χ0v) is 10.3. The third-order valence-corrected chi connectivity index (χ3v) is 2.46. The van der Waals surface area contributed by atoms with E-state index in [2.05, 4.69) is 26.2 Å². The molecule has 0 saturated heterocycles. The second kappa shape index (κ2) is 4.60. The molecule has 0 N–H and O–H groups in total. The van der Waals surface area contributed by atoms with Crippen molar-refractivity contribution in [3.63, 3.8) is 0 Å². The number of hydrogen-bond acceptors (Lipinski definition) is 2. The van der Waals surface area contributed by atoms with Crippen molar-refractivity contribution in [3.05, 3.63) is 12.3 Å². The van der Waals surface area contributed by atoms with Crippen molar-refractivity contribution in [3.8, 4) is 0 Å². The van der Waals surface area contributed by atoms with Crippen molar-refractivity contribution in [1.29, 1.82) is 0 Å². The van der Waals surface area contributed by atoms with Crippen molar-refractivity contribution in [2.75, 3.05) is 0 Å². The van der Waals surface area contributed by atoms with E-state index in [1.54, 1.807) is 6.92 Å². The normalized spacial score (nSPS) is 13.6. The Labute approximate surface area is 82.1 Å². The molecular formula is C10H20O2Si. The summed E-state index contributed by atoms with van der Waals surface area (Å²) in [7, 11) is -1.54. The molecule has 0 heterocycles. The van der Waals surface area contributed by atoms with Crippen molar-refractivity contribution in [1.82, 2.24) is 0 Å². The average molecular weight is 200 g/mol. The van der Waals surface area contributed by atoms with Gasteiger partial charge in [0.2, 0.25) is 8.32 Å². The van der Waals surface area contributed by atoms with Crippen molar-refractivity contribution in [2.24, 2.45) is 5.92 Å². The summed E-state index contributed by atoms with van der Waals surface area (Å²) in [5, 5.41) is 0. The summed E-state index contributed by atoms with van der Waals surface area (Å²) in [5.41, 5.74) is 0. The maximum atomic E-state index is 10.8. The highest BCUT2D eigenvalue weighted by Crippen LogP contribution is 2.19. The third-order valence-electron chi connectivity index (χ3n) is 1.58. The Hall–Kier alpha value is -0.573. The van der Waals surface area contributed by atoms with E-state index in [0.717, 1.165) is 5.76 Å². The average Bonchev–Trinajstić information content (AvgIpc) is 1.81. The van der Waals surface area contributed by atoms with Crippen LogP contribution in [0.1, 0.15) is 20.3 Å². The minimum Gasteiger partial charge on any atom is -0.548 e. The molecule has 0 bridgehead atoms. The Morgan fingerprint density at radius 3 is 2.23 bits per heavy atom. The van der Waals surface area contributed by atoms with Crippen LogP contribution in [0.25, 0.3) is 0 Å². The number of hydrogen-bond donors (Lipinski definition) is 0. The Balaban J connectivity index is 4.05. The molecule has 1 atom stereocenters. The molecule has 76 valence electrons. The van der Waals surface area contributed by atoms with Gasteiger partial charge >= 0.3 is 0 Å². The van der Waals surface area contributed by atoms with Gasteiger partial charge in [-0.25, -0.2) is 0 Å². The molecule has 0 saturated carbocycles. The molecule has 0 radical (unpaired) electrons. The number of allylic oxidation sites excluding steroid dienone is 1. The van der Waals surface area contributed by atoms with Gasteiger partial charge in [0.25, 0.3) is 0 Å². The van der Waals surface area contributed by atoms with Crippen LogP contribution < -0.4 is 0 Å². The highest BCUT2D eigenvalue weighted by molar-refractivity contribution is 6.70. The molecule has 0 aromatic heterocycles. The van der Waals surface area contributed by atoms with Crippen LogP contribution in [0.3, 0.4) is 0 Å². The van der Waals surface area contributed by atoms with Gasteiger partial charge in [-0.05, 0) is 26.6 Å². The van der Waals surface area contributed by atoms with Crippen LogP contribution in [-0.4, -0.2) is 14.1 Å². The molecule has 0 aromatic carbocycles. The third kappa shape index (κ3) is 6.58. The highest BCUT2D eigenvalue weighted by Gasteiger charge is 2.20. The standard InChI is InChI=1S/C10H20O2Si/c1-8(7-9(2)11)10(3)12-13(4,5)6/h8H,3,7H2,1-2,4-6H3/t8-/m0/s1. The van der Waals surface area contributed by atoms with Gasteiger partial charge in [0.05, 0.1) is 5.76 Å². The number of carbonyl (C=O) groups excluding carboxylic acids is 1. The van der Waals surface area contributed by atoms with Gasteiger partial charge in [-0.2, -0.15) is 0 Å². The van der Waals surface area contributed by atoms with E-state index in [0.29, 0.717) is 6.42 Å². The molecular weight excluding hydrogens is 180 g/mol. The summed E-state index contributed by atoms with van der Waals surface area (Å²) in [6.07, 6.45) is 0.531. The van der Waals surface area contributed by atoms with Gasteiger partial charge in [0.1, 0.15) is 5.78 Å². The minimum atomic E-state index is -1.54. The maximum Gasteiger partial charge on any atom is 0.241 e. The Kier molecular flexibility index (Phi) is 4.40. The fourth-order valence-electron chi connectivity index (χ4n) is 1.04. The van der Waals surface area contributed by atoms with Crippen LogP contribution in [0, 0.1) is 5.92 Å². The molecule has 3 heteroatoms. The van der Waals surface area contributed by atoms with Gasteiger partial charge in [-0.1, -0.05) is 13.5 Å². The van der Waals surface area contributed by atoms with E-state index in [-0.39, 0.29) is 11.7 Å². The zero-order chi connectivity index (χ0) is 10.6. The van der Waals surface area contributed by atoms with Gasteiger partial charge in [0.15, 0.2) is 0 Å². The molecule has 0 fully saturated rings. The lowest BCUT2D eigenvalue weighted by molar-refractivity contribution is -0.117. The predicted molar refractivity (Wildman–Crippen MR) is 58.0 cm³/mol. The highest BCUT2D eigenvalue weighted by atomic mass is 28.4.